The van der Waals surface area contributed by atoms with Gasteiger partial charge in [-0.3, -0.25) is 5.10 Å². The molecule has 1 aliphatic rings. The van der Waals surface area contributed by atoms with Crippen LogP contribution < -0.4 is 10.6 Å². The molecule has 0 bridgehead atoms. The second kappa shape index (κ2) is 5.35. The molecule has 3 rings (SSSR count). The van der Waals surface area contributed by atoms with Gasteiger partial charge < -0.3 is 10.6 Å². The van der Waals surface area contributed by atoms with Crippen molar-refractivity contribution in [3.8, 4) is 11.3 Å². The average Bonchev–Trinajstić information content (AvgIpc) is 2.89. The van der Waals surface area contributed by atoms with E-state index >= 15 is 0 Å². The van der Waals surface area contributed by atoms with Crippen molar-refractivity contribution in [2.75, 3.05) is 18.0 Å². The molecule has 0 unspecified atom stereocenters. The molecule has 1 aromatic heterocycles. The Kier molecular flexibility index (Phi) is 3.57. The molecule has 0 radical (unpaired) electrons. The summed E-state index contributed by atoms with van der Waals surface area (Å²) in [6.07, 6.45) is 2.08. The van der Waals surface area contributed by atoms with Gasteiger partial charge in [-0.25, -0.2) is 0 Å². The lowest BCUT2D eigenvalue weighted by atomic mass is 10.1. The maximum absolute atomic E-state index is 5.93. The fourth-order valence-electron chi connectivity index (χ4n) is 2.42. The van der Waals surface area contributed by atoms with E-state index in [1.54, 1.807) is 0 Å². The van der Waals surface area contributed by atoms with Crippen LogP contribution in [-0.2, 0) is 0 Å². The van der Waals surface area contributed by atoms with Crippen LogP contribution in [-0.4, -0.2) is 29.3 Å². The van der Waals surface area contributed by atoms with Gasteiger partial charge in [0.25, 0.3) is 0 Å². The number of rotatable bonds is 2. The third kappa shape index (κ3) is 2.67. The van der Waals surface area contributed by atoms with Crippen LogP contribution in [0.4, 0.5) is 5.82 Å². The van der Waals surface area contributed by atoms with E-state index in [4.69, 9.17) is 5.73 Å². The SMILES string of the molecule is NC1CCN(c2cc(-c3ccccc3Br)[nH]n2)CC1. The average molecular weight is 321 g/mol. The molecule has 100 valence electrons. The summed E-state index contributed by atoms with van der Waals surface area (Å²) in [5.74, 6) is 1.01. The normalized spacial score (nSPS) is 16.8. The van der Waals surface area contributed by atoms with Gasteiger partial charge >= 0.3 is 0 Å². The predicted octanol–water partition coefficient (Wildman–Crippen LogP) is 2.77. The van der Waals surface area contributed by atoms with Crippen molar-refractivity contribution in [1.82, 2.24) is 10.2 Å². The van der Waals surface area contributed by atoms with Crippen molar-refractivity contribution in [1.29, 1.82) is 0 Å². The summed E-state index contributed by atoms with van der Waals surface area (Å²) >= 11 is 3.57. The van der Waals surface area contributed by atoms with Crippen molar-refractivity contribution < 1.29 is 0 Å². The molecule has 0 saturated carbocycles. The van der Waals surface area contributed by atoms with E-state index < -0.39 is 0 Å². The van der Waals surface area contributed by atoms with E-state index in [0.29, 0.717) is 6.04 Å². The van der Waals surface area contributed by atoms with E-state index in [-0.39, 0.29) is 0 Å². The molecule has 3 N–H and O–H groups in total. The van der Waals surface area contributed by atoms with Crippen molar-refractivity contribution in [2.45, 2.75) is 18.9 Å². The van der Waals surface area contributed by atoms with Crippen LogP contribution in [0.2, 0.25) is 0 Å². The molecule has 2 aromatic rings. The molecule has 5 heteroatoms. The zero-order chi connectivity index (χ0) is 13.2. The highest BCUT2D eigenvalue weighted by atomic mass is 79.9. The third-order valence-electron chi connectivity index (χ3n) is 3.59. The lowest BCUT2D eigenvalue weighted by Gasteiger charge is -2.29. The number of benzene rings is 1. The van der Waals surface area contributed by atoms with Crippen LogP contribution in [0.15, 0.2) is 34.8 Å². The Balaban J connectivity index is 1.82. The highest BCUT2D eigenvalue weighted by molar-refractivity contribution is 9.10. The molecular weight excluding hydrogens is 304 g/mol. The fraction of sp³-hybridized carbons (Fsp3) is 0.357. The van der Waals surface area contributed by atoms with E-state index in [1.165, 1.54) is 0 Å². The topological polar surface area (TPSA) is 57.9 Å². The standard InChI is InChI=1S/C14H17BrN4/c15-12-4-2-1-3-11(12)13-9-14(18-17-13)19-7-5-10(16)6-8-19/h1-4,9-10H,5-8,16H2,(H,17,18). The van der Waals surface area contributed by atoms with Crippen LogP contribution in [0.5, 0.6) is 0 Å². The lowest BCUT2D eigenvalue weighted by Crippen LogP contribution is -2.39. The molecule has 0 spiro atoms. The largest absolute Gasteiger partial charge is 0.355 e. The number of halogens is 1. The molecule has 1 aliphatic heterocycles. The summed E-state index contributed by atoms with van der Waals surface area (Å²) in [6.45, 7) is 1.98. The van der Waals surface area contributed by atoms with Crippen LogP contribution in [0, 0.1) is 0 Å². The first-order valence-electron chi connectivity index (χ1n) is 6.55. The van der Waals surface area contributed by atoms with Crippen molar-refractivity contribution in [3.63, 3.8) is 0 Å². The van der Waals surface area contributed by atoms with Gasteiger partial charge in [-0.05, 0) is 18.9 Å². The van der Waals surface area contributed by atoms with Crippen LogP contribution in [0.1, 0.15) is 12.8 Å². The number of nitrogens with zero attached hydrogens (tertiary/aromatic N) is 2. The maximum atomic E-state index is 5.93. The van der Waals surface area contributed by atoms with Crippen molar-refractivity contribution in [2.24, 2.45) is 5.73 Å². The second-order valence-corrected chi connectivity index (χ2v) is 5.80. The van der Waals surface area contributed by atoms with Gasteiger partial charge in [-0.15, -0.1) is 0 Å². The minimum atomic E-state index is 0.345. The van der Waals surface area contributed by atoms with E-state index in [9.17, 15) is 0 Å². The zero-order valence-corrected chi connectivity index (χ0v) is 12.2. The smallest absolute Gasteiger partial charge is 0.150 e. The summed E-state index contributed by atoms with van der Waals surface area (Å²) in [5, 5.41) is 7.54. The first kappa shape index (κ1) is 12.7. The molecule has 2 heterocycles. The number of hydrogen-bond donors (Lipinski definition) is 2. The Labute approximate surface area is 121 Å². The Morgan fingerprint density at radius 3 is 2.74 bits per heavy atom. The van der Waals surface area contributed by atoms with E-state index in [1.807, 2.05) is 18.2 Å². The van der Waals surface area contributed by atoms with Gasteiger partial charge in [0.1, 0.15) is 0 Å². The molecule has 1 fully saturated rings. The van der Waals surface area contributed by atoms with E-state index in [0.717, 1.165) is 47.5 Å². The van der Waals surface area contributed by atoms with Gasteiger partial charge in [0.2, 0.25) is 0 Å². The van der Waals surface area contributed by atoms with Crippen molar-refractivity contribution >= 4 is 21.7 Å². The van der Waals surface area contributed by atoms with Crippen LogP contribution >= 0.6 is 15.9 Å². The van der Waals surface area contributed by atoms with Gasteiger partial charge in [-0.2, -0.15) is 5.10 Å². The molecular formula is C14H17BrN4. The lowest BCUT2D eigenvalue weighted by molar-refractivity contribution is 0.498. The summed E-state index contributed by atoms with van der Waals surface area (Å²) in [5.41, 5.74) is 8.10. The highest BCUT2D eigenvalue weighted by Gasteiger charge is 2.18. The first-order chi connectivity index (χ1) is 9.24. The van der Waals surface area contributed by atoms with Crippen LogP contribution in [0.3, 0.4) is 0 Å². The fourth-order valence-corrected chi connectivity index (χ4v) is 2.92. The Morgan fingerprint density at radius 2 is 2.00 bits per heavy atom. The van der Waals surface area contributed by atoms with Gasteiger partial charge in [0.15, 0.2) is 5.82 Å². The summed E-state index contributed by atoms with van der Waals surface area (Å²) in [6, 6.07) is 10.6. The van der Waals surface area contributed by atoms with E-state index in [2.05, 4.69) is 43.2 Å². The number of aromatic amines is 1. The monoisotopic (exact) mass is 320 g/mol. The molecule has 4 nitrogen and oxygen atoms in total. The minimum absolute atomic E-state index is 0.345. The molecule has 0 amide bonds. The molecule has 1 aromatic carbocycles. The minimum Gasteiger partial charge on any atom is -0.355 e. The number of H-pyrrole nitrogens is 1. The first-order valence-corrected chi connectivity index (χ1v) is 7.34. The number of hydrogen-bond acceptors (Lipinski definition) is 3. The van der Waals surface area contributed by atoms with Gasteiger partial charge in [0.05, 0.1) is 5.69 Å². The van der Waals surface area contributed by atoms with Crippen LogP contribution in [0.25, 0.3) is 11.3 Å². The Hall–Kier alpha value is -1.33. The maximum Gasteiger partial charge on any atom is 0.150 e. The number of aromatic nitrogens is 2. The molecule has 1 saturated heterocycles. The summed E-state index contributed by atoms with van der Waals surface area (Å²) < 4.78 is 1.07. The molecule has 19 heavy (non-hydrogen) atoms. The Morgan fingerprint density at radius 1 is 1.26 bits per heavy atom. The summed E-state index contributed by atoms with van der Waals surface area (Å²) in [4.78, 5) is 2.29. The highest BCUT2D eigenvalue weighted by Crippen LogP contribution is 2.29. The molecule has 0 aliphatic carbocycles. The number of piperidine rings is 1. The predicted molar refractivity (Wildman–Crippen MR) is 81.1 cm³/mol. The molecule has 0 atom stereocenters. The number of nitrogens with two attached hydrogens (primary N) is 1. The number of nitrogens with one attached hydrogen (secondary N) is 1. The number of anilines is 1. The third-order valence-corrected chi connectivity index (χ3v) is 4.28. The second-order valence-electron chi connectivity index (χ2n) is 4.94. The van der Waals surface area contributed by atoms with Gasteiger partial charge in [0, 0.05) is 35.2 Å². The van der Waals surface area contributed by atoms with Crippen molar-refractivity contribution in [3.05, 3.63) is 34.8 Å². The van der Waals surface area contributed by atoms with Gasteiger partial charge in [-0.1, -0.05) is 34.1 Å². The quantitative estimate of drug-likeness (QED) is 0.894. The summed E-state index contributed by atoms with van der Waals surface area (Å²) in [7, 11) is 0. The zero-order valence-electron chi connectivity index (χ0n) is 10.6. The Bertz CT molecular complexity index is 558.